The molecule has 2 aromatic carbocycles. The fraction of sp³-hybridized carbons (Fsp3) is 0.111. The lowest BCUT2D eigenvalue weighted by molar-refractivity contribution is -0.384. The molecule has 0 atom stereocenters. The van der Waals surface area contributed by atoms with Gasteiger partial charge < -0.3 is 14.6 Å². The first-order valence-corrected chi connectivity index (χ1v) is 8.66. The van der Waals surface area contributed by atoms with Crippen LogP contribution >= 0.6 is 15.9 Å². The summed E-state index contributed by atoms with van der Waals surface area (Å²) in [5, 5.41) is 14.2. The standard InChI is InChI=1S/C18H15BrN4O4/c1-27-17-5-3-14(19)8-13(17)10-21-18(24)12-2-4-15(16(9-12)23(25)26)22-7-6-20-11-22/h2-9,11H,10H2,1H3,(H,21,24). The van der Waals surface area contributed by atoms with Gasteiger partial charge in [-0.2, -0.15) is 0 Å². The van der Waals surface area contributed by atoms with E-state index in [4.69, 9.17) is 4.74 Å². The minimum Gasteiger partial charge on any atom is -0.496 e. The maximum absolute atomic E-state index is 12.5. The molecule has 0 saturated carbocycles. The summed E-state index contributed by atoms with van der Waals surface area (Å²) >= 11 is 3.38. The Hall–Kier alpha value is -3.20. The van der Waals surface area contributed by atoms with Crippen LogP contribution in [0.2, 0.25) is 0 Å². The average Bonchev–Trinajstić information content (AvgIpc) is 3.20. The molecule has 8 nitrogen and oxygen atoms in total. The second-order valence-corrected chi connectivity index (χ2v) is 6.49. The molecule has 0 saturated heterocycles. The molecule has 0 bridgehead atoms. The summed E-state index contributed by atoms with van der Waals surface area (Å²) in [6.45, 7) is 0.221. The monoisotopic (exact) mass is 430 g/mol. The fourth-order valence-electron chi connectivity index (χ4n) is 2.59. The van der Waals surface area contributed by atoms with Crippen molar-refractivity contribution in [2.75, 3.05) is 7.11 Å². The number of nitro benzene ring substituents is 1. The molecular weight excluding hydrogens is 416 g/mol. The highest BCUT2D eigenvalue weighted by molar-refractivity contribution is 9.10. The third kappa shape index (κ3) is 4.14. The normalized spacial score (nSPS) is 10.4. The van der Waals surface area contributed by atoms with Crippen LogP contribution in [0.15, 0.2) is 59.6 Å². The summed E-state index contributed by atoms with van der Waals surface area (Å²) in [6.07, 6.45) is 4.58. The van der Waals surface area contributed by atoms with E-state index in [2.05, 4.69) is 26.2 Å². The van der Waals surface area contributed by atoms with Gasteiger partial charge in [-0.25, -0.2) is 4.98 Å². The molecule has 138 valence electrons. The number of hydrogen-bond donors (Lipinski definition) is 1. The number of aromatic nitrogens is 2. The predicted molar refractivity (Wildman–Crippen MR) is 102 cm³/mol. The fourth-order valence-corrected chi connectivity index (χ4v) is 3.00. The van der Waals surface area contributed by atoms with Crippen LogP contribution in [0.3, 0.4) is 0 Å². The van der Waals surface area contributed by atoms with Gasteiger partial charge >= 0.3 is 0 Å². The van der Waals surface area contributed by atoms with E-state index < -0.39 is 10.8 Å². The lowest BCUT2D eigenvalue weighted by Crippen LogP contribution is -2.23. The Morgan fingerprint density at radius 1 is 1.33 bits per heavy atom. The van der Waals surface area contributed by atoms with E-state index in [0.717, 1.165) is 10.0 Å². The van der Waals surface area contributed by atoms with Crippen molar-refractivity contribution in [2.24, 2.45) is 0 Å². The second-order valence-electron chi connectivity index (χ2n) is 5.57. The third-order valence-corrected chi connectivity index (χ3v) is 4.39. The van der Waals surface area contributed by atoms with Gasteiger partial charge in [-0.15, -0.1) is 0 Å². The number of methoxy groups -OCH3 is 1. The van der Waals surface area contributed by atoms with Crippen molar-refractivity contribution in [2.45, 2.75) is 6.54 Å². The summed E-state index contributed by atoms with van der Waals surface area (Å²) in [5.74, 6) is 0.220. The lowest BCUT2D eigenvalue weighted by atomic mass is 10.1. The predicted octanol–water partition coefficient (Wildman–Crippen LogP) is 3.48. The van der Waals surface area contributed by atoms with Crippen molar-refractivity contribution >= 4 is 27.5 Å². The maximum atomic E-state index is 12.5. The van der Waals surface area contributed by atoms with Crippen molar-refractivity contribution in [3.05, 3.63) is 80.8 Å². The first-order valence-electron chi connectivity index (χ1n) is 7.87. The Morgan fingerprint density at radius 2 is 2.15 bits per heavy atom. The molecule has 27 heavy (non-hydrogen) atoms. The molecular formula is C18H15BrN4O4. The van der Waals surface area contributed by atoms with Gasteiger partial charge in [0, 0.05) is 40.6 Å². The molecule has 0 unspecified atom stereocenters. The number of rotatable bonds is 6. The molecule has 0 radical (unpaired) electrons. The summed E-state index contributed by atoms with van der Waals surface area (Å²) in [4.78, 5) is 27.2. The molecule has 1 amide bonds. The molecule has 9 heteroatoms. The van der Waals surface area contributed by atoms with Crippen LogP contribution in [-0.4, -0.2) is 27.5 Å². The highest BCUT2D eigenvalue weighted by atomic mass is 79.9. The molecule has 1 heterocycles. The highest BCUT2D eigenvalue weighted by Gasteiger charge is 2.19. The summed E-state index contributed by atoms with van der Waals surface area (Å²) in [7, 11) is 1.55. The lowest BCUT2D eigenvalue weighted by Gasteiger charge is -2.11. The zero-order valence-electron chi connectivity index (χ0n) is 14.3. The average molecular weight is 431 g/mol. The smallest absolute Gasteiger partial charge is 0.294 e. The number of carbonyl (C=O) groups is 1. The van der Waals surface area contributed by atoms with Gasteiger partial charge in [-0.3, -0.25) is 14.9 Å². The zero-order chi connectivity index (χ0) is 19.4. The molecule has 1 N–H and O–H groups in total. The van der Waals surface area contributed by atoms with E-state index in [1.54, 1.807) is 19.4 Å². The van der Waals surface area contributed by atoms with Gasteiger partial charge in [-0.05, 0) is 30.3 Å². The summed E-state index contributed by atoms with van der Waals surface area (Å²) < 4.78 is 7.65. The molecule has 3 rings (SSSR count). The number of amides is 1. The number of halogens is 1. The van der Waals surface area contributed by atoms with E-state index in [1.165, 1.54) is 35.3 Å². The van der Waals surface area contributed by atoms with Crippen molar-refractivity contribution in [3.63, 3.8) is 0 Å². The van der Waals surface area contributed by atoms with Crippen molar-refractivity contribution in [3.8, 4) is 11.4 Å². The Labute approximate surface area is 163 Å². The Morgan fingerprint density at radius 3 is 2.81 bits per heavy atom. The number of nitro groups is 1. The van der Waals surface area contributed by atoms with E-state index in [0.29, 0.717) is 11.4 Å². The SMILES string of the molecule is COc1ccc(Br)cc1CNC(=O)c1ccc(-n2ccnc2)c([N+](=O)[O-])c1. The van der Waals surface area contributed by atoms with Crippen LogP contribution in [0.1, 0.15) is 15.9 Å². The number of benzene rings is 2. The third-order valence-electron chi connectivity index (χ3n) is 3.90. The first-order chi connectivity index (χ1) is 13.0. The largest absolute Gasteiger partial charge is 0.496 e. The van der Waals surface area contributed by atoms with Gasteiger partial charge in [0.05, 0.1) is 18.4 Å². The van der Waals surface area contributed by atoms with Crippen molar-refractivity contribution in [1.82, 2.24) is 14.9 Å². The van der Waals surface area contributed by atoms with E-state index in [9.17, 15) is 14.9 Å². The van der Waals surface area contributed by atoms with Crippen LogP contribution in [0.4, 0.5) is 5.69 Å². The Kier molecular flexibility index (Phi) is 5.51. The number of nitrogens with zero attached hydrogens (tertiary/aromatic N) is 3. The summed E-state index contributed by atoms with van der Waals surface area (Å²) in [5.41, 5.74) is 1.13. The quantitative estimate of drug-likeness (QED) is 0.476. The van der Waals surface area contributed by atoms with Gasteiger partial charge in [0.2, 0.25) is 0 Å². The topological polar surface area (TPSA) is 99.3 Å². The number of carbonyl (C=O) groups excluding carboxylic acids is 1. The van der Waals surface area contributed by atoms with Crippen LogP contribution in [0.5, 0.6) is 5.75 Å². The Bertz CT molecular complexity index is 989. The number of ether oxygens (including phenoxy) is 1. The van der Waals surface area contributed by atoms with Gasteiger partial charge in [0.25, 0.3) is 11.6 Å². The molecule has 1 aromatic heterocycles. The van der Waals surface area contributed by atoms with Crippen LogP contribution in [0.25, 0.3) is 5.69 Å². The van der Waals surface area contributed by atoms with Crippen molar-refractivity contribution < 1.29 is 14.5 Å². The van der Waals surface area contributed by atoms with Gasteiger partial charge in [0.15, 0.2) is 0 Å². The van der Waals surface area contributed by atoms with E-state index >= 15 is 0 Å². The molecule has 3 aromatic rings. The minimum atomic E-state index is -0.524. The van der Waals surface area contributed by atoms with Crippen LogP contribution in [0, 0.1) is 10.1 Å². The van der Waals surface area contributed by atoms with E-state index in [1.807, 2.05) is 12.1 Å². The molecule has 0 aliphatic heterocycles. The minimum absolute atomic E-state index is 0.180. The van der Waals surface area contributed by atoms with Gasteiger partial charge in [0.1, 0.15) is 11.4 Å². The van der Waals surface area contributed by atoms with Crippen molar-refractivity contribution in [1.29, 1.82) is 0 Å². The Balaban J connectivity index is 1.82. The zero-order valence-corrected chi connectivity index (χ0v) is 15.8. The van der Waals surface area contributed by atoms with Gasteiger partial charge in [-0.1, -0.05) is 15.9 Å². The van der Waals surface area contributed by atoms with Crippen LogP contribution < -0.4 is 10.1 Å². The first kappa shape index (κ1) is 18.6. The number of hydrogen-bond acceptors (Lipinski definition) is 5. The molecule has 0 spiro atoms. The maximum Gasteiger partial charge on any atom is 0.294 e. The number of imidazole rings is 1. The van der Waals surface area contributed by atoms with E-state index in [-0.39, 0.29) is 17.8 Å². The highest BCUT2D eigenvalue weighted by Crippen LogP contribution is 2.25. The molecule has 0 fully saturated rings. The number of nitrogens with one attached hydrogen (secondary N) is 1. The molecule has 0 aliphatic rings. The van der Waals surface area contributed by atoms with Crippen LogP contribution in [-0.2, 0) is 6.54 Å². The summed E-state index contributed by atoms with van der Waals surface area (Å²) in [6, 6.07) is 9.77. The second kappa shape index (κ2) is 8.00. The molecule has 0 aliphatic carbocycles.